The van der Waals surface area contributed by atoms with Crippen LogP contribution in [0.2, 0.25) is 0 Å². The molecule has 0 aliphatic carbocycles. The van der Waals surface area contributed by atoms with E-state index in [4.69, 9.17) is 14.2 Å². The third kappa shape index (κ3) is 9.81. The molecule has 8 heteroatoms. The molecule has 26 heavy (non-hydrogen) atoms. The van der Waals surface area contributed by atoms with Gasteiger partial charge in [0.2, 0.25) is 0 Å². The smallest absolute Gasteiger partial charge is 0.310 e. The molecule has 0 heterocycles. The number of hydrogen-bond donors (Lipinski definition) is 2. The van der Waals surface area contributed by atoms with Gasteiger partial charge in [-0.05, 0) is 19.1 Å². The minimum atomic E-state index is -0.295. The van der Waals surface area contributed by atoms with Crippen molar-refractivity contribution in [3.8, 4) is 5.75 Å². The summed E-state index contributed by atoms with van der Waals surface area (Å²) < 4.78 is 15.4. The molecule has 1 aromatic carbocycles. The molecule has 1 unspecified atom stereocenters. The molecule has 0 saturated carbocycles. The molecule has 0 aliphatic heterocycles. The molecule has 0 fully saturated rings. The van der Waals surface area contributed by atoms with Gasteiger partial charge < -0.3 is 24.8 Å². The summed E-state index contributed by atoms with van der Waals surface area (Å²) >= 11 is 0. The summed E-state index contributed by atoms with van der Waals surface area (Å²) in [6.45, 7) is 6.10. The molecule has 0 bridgehead atoms. The number of guanidine groups is 1. The number of nitrogens with one attached hydrogen (secondary N) is 2. The van der Waals surface area contributed by atoms with Crippen LogP contribution in [0.25, 0.3) is 0 Å². The maximum absolute atomic E-state index is 11.5. The van der Waals surface area contributed by atoms with Crippen LogP contribution < -0.4 is 15.4 Å². The fourth-order valence-electron chi connectivity index (χ4n) is 2.00. The lowest BCUT2D eigenvalue weighted by atomic mass is 10.2. The van der Waals surface area contributed by atoms with Crippen LogP contribution in [0.3, 0.4) is 0 Å². The maximum atomic E-state index is 11.5. The normalized spacial score (nSPS) is 11.9. The van der Waals surface area contributed by atoms with Crippen molar-refractivity contribution >= 4 is 41.6 Å². The standard InChI is InChI=1S/C18H29N3O4.HI/c1-5-19-18(20-13-14(2)17(22)24-4)21-15-8-6-9-16(12-15)25-11-7-10-23-3;/h6,8-9,12,14H,5,7,10-11,13H2,1-4H3,(H2,19,20,21);1H. The Morgan fingerprint density at radius 3 is 2.69 bits per heavy atom. The number of benzene rings is 1. The molecule has 7 nitrogen and oxygen atoms in total. The van der Waals surface area contributed by atoms with Gasteiger partial charge in [0.1, 0.15) is 5.75 Å². The largest absolute Gasteiger partial charge is 0.493 e. The lowest BCUT2D eigenvalue weighted by molar-refractivity contribution is -0.144. The van der Waals surface area contributed by atoms with E-state index >= 15 is 0 Å². The lowest BCUT2D eigenvalue weighted by Crippen LogP contribution is -2.31. The summed E-state index contributed by atoms with van der Waals surface area (Å²) in [5, 5.41) is 6.37. The number of esters is 1. The van der Waals surface area contributed by atoms with E-state index in [1.54, 1.807) is 14.0 Å². The molecular weight excluding hydrogens is 449 g/mol. The van der Waals surface area contributed by atoms with E-state index in [0.717, 1.165) is 17.9 Å². The second kappa shape index (κ2) is 14.6. The van der Waals surface area contributed by atoms with Gasteiger partial charge in [0.05, 0.1) is 26.2 Å². The number of carbonyl (C=O) groups is 1. The molecule has 0 saturated heterocycles. The van der Waals surface area contributed by atoms with Crippen LogP contribution >= 0.6 is 24.0 Å². The Balaban J connectivity index is 0.00000625. The van der Waals surface area contributed by atoms with E-state index in [-0.39, 0.29) is 35.9 Å². The van der Waals surface area contributed by atoms with Gasteiger partial charge >= 0.3 is 5.97 Å². The van der Waals surface area contributed by atoms with Gasteiger partial charge in [0, 0.05) is 38.4 Å². The Kier molecular flexibility index (Phi) is 13.7. The van der Waals surface area contributed by atoms with Gasteiger partial charge in [-0.25, -0.2) is 0 Å². The molecule has 148 valence electrons. The van der Waals surface area contributed by atoms with Crippen LogP contribution in [0.4, 0.5) is 5.69 Å². The minimum absolute atomic E-state index is 0. The van der Waals surface area contributed by atoms with Crippen molar-refractivity contribution in [3.63, 3.8) is 0 Å². The first-order chi connectivity index (χ1) is 12.1. The van der Waals surface area contributed by atoms with Gasteiger partial charge in [-0.2, -0.15) is 0 Å². The molecule has 0 aliphatic rings. The predicted octanol–water partition coefficient (Wildman–Crippen LogP) is 2.91. The highest BCUT2D eigenvalue weighted by atomic mass is 127. The van der Waals surface area contributed by atoms with Gasteiger partial charge in [-0.15, -0.1) is 24.0 Å². The van der Waals surface area contributed by atoms with Gasteiger partial charge in [-0.3, -0.25) is 9.79 Å². The fourth-order valence-corrected chi connectivity index (χ4v) is 2.00. The molecule has 2 N–H and O–H groups in total. The summed E-state index contributed by atoms with van der Waals surface area (Å²) in [5.74, 6) is 0.816. The topological polar surface area (TPSA) is 81.2 Å². The number of carbonyl (C=O) groups excluding carboxylic acids is 1. The highest BCUT2D eigenvalue weighted by molar-refractivity contribution is 14.0. The average Bonchev–Trinajstić information content (AvgIpc) is 2.63. The van der Waals surface area contributed by atoms with Crippen molar-refractivity contribution in [3.05, 3.63) is 24.3 Å². The lowest BCUT2D eigenvalue weighted by Gasteiger charge is -2.14. The van der Waals surface area contributed by atoms with Crippen molar-refractivity contribution in [2.75, 3.05) is 45.8 Å². The molecule has 1 aromatic rings. The zero-order valence-electron chi connectivity index (χ0n) is 15.9. The van der Waals surface area contributed by atoms with Gasteiger partial charge in [0.15, 0.2) is 5.96 Å². The first kappa shape index (κ1) is 24.5. The number of anilines is 1. The Bertz CT molecular complexity index is 555. The van der Waals surface area contributed by atoms with Gasteiger partial charge in [0.25, 0.3) is 0 Å². The molecule has 0 spiro atoms. The third-order valence-electron chi connectivity index (χ3n) is 3.33. The quantitative estimate of drug-likeness (QED) is 0.177. The average molecular weight is 479 g/mol. The highest BCUT2D eigenvalue weighted by Gasteiger charge is 2.12. The van der Waals surface area contributed by atoms with E-state index in [2.05, 4.69) is 15.6 Å². The first-order valence-electron chi connectivity index (χ1n) is 8.45. The molecule has 0 amide bonds. The number of ether oxygens (including phenoxy) is 3. The number of nitrogens with zero attached hydrogens (tertiary/aromatic N) is 1. The SMILES string of the molecule is CCNC(=NCC(C)C(=O)OC)Nc1cccc(OCCCOC)c1.I. The minimum Gasteiger partial charge on any atom is -0.493 e. The molecule has 0 aromatic heterocycles. The molecular formula is C18H30IN3O4. The second-order valence-corrected chi connectivity index (χ2v) is 5.49. The zero-order chi connectivity index (χ0) is 18.5. The number of rotatable bonds is 10. The van der Waals surface area contributed by atoms with Crippen molar-refractivity contribution in [1.29, 1.82) is 0 Å². The van der Waals surface area contributed by atoms with Crippen LogP contribution in [0.5, 0.6) is 5.75 Å². The molecule has 0 radical (unpaired) electrons. The zero-order valence-corrected chi connectivity index (χ0v) is 18.2. The maximum Gasteiger partial charge on any atom is 0.310 e. The summed E-state index contributed by atoms with van der Waals surface area (Å²) in [4.78, 5) is 15.9. The van der Waals surface area contributed by atoms with Crippen molar-refractivity contribution in [1.82, 2.24) is 5.32 Å². The number of aliphatic imine (C=N–C) groups is 1. The monoisotopic (exact) mass is 479 g/mol. The Morgan fingerprint density at radius 2 is 2.04 bits per heavy atom. The molecule has 1 atom stereocenters. The van der Waals surface area contributed by atoms with Crippen LogP contribution in [-0.2, 0) is 14.3 Å². The summed E-state index contributed by atoms with van der Waals surface area (Å²) in [7, 11) is 3.05. The van der Waals surface area contributed by atoms with Crippen LogP contribution in [0.1, 0.15) is 20.3 Å². The van der Waals surface area contributed by atoms with E-state index in [1.807, 2.05) is 31.2 Å². The summed E-state index contributed by atoms with van der Waals surface area (Å²) in [6, 6.07) is 7.65. The number of methoxy groups -OCH3 is 2. The summed E-state index contributed by atoms with van der Waals surface area (Å²) in [5.41, 5.74) is 0.856. The number of hydrogen-bond acceptors (Lipinski definition) is 5. The van der Waals surface area contributed by atoms with Crippen molar-refractivity contribution in [2.24, 2.45) is 10.9 Å². The number of halogens is 1. The van der Waals surface area contributed by atoms with Crippen molar-refractivity contribution < 1.29 is 19.0 Å². The fraction of sp³-hybridized carbons (Fsp3) is 0.556. The van der Waals surface area contributed by atoms with E-state index in [0.29, 0.717) is 32.3 Å². The first-order valence-corrected chi connectivity index (χ1v) is 8.45. The highest BCUT2D eigenvalue weighted by Crippen LogP contribution is 2.17. The van der Waals surface area contributed by atoms with E-state index in [1.165, 1.54) is 7.11 Å². The van der Waals surface area contributed by atoms with Crippen molar-refractivity contribution in [2.45, 2.75) is 20.3 Å². The summed E-state index contributed by atoms with van der Waals surface area (Å²) in [6.07, 6.45) is 0.837. The second-order valence-electron chi connectivity index (χ2n) is 5.49. The van der Waals surface area contributed by atoms with Crippen LogP contribution in [0, 0.1) is 5.92 Å². The van der Waals surface area contributed by atoms with E-state index in [9.17, 15) is 4.79 Å². The van der Waals surface area contributed by atoms with Crippen LogP contribution in [0.15, 0.2) is 29.3 Å². The third-order valence-corrected chi connectivity index (χ3v) is 3.33. The Morgan fingerprint density at radius 1 is 1.27 bits per heavy atom. The van der Waals surface area contributed by atoms with Crippen LogP contribution in [-0.4, -0.2) is 52.5 Å². The van der Waals surface area contributed by atoms with Gasteiger partial charge in [-0.1, -0.05) is 13.0 Å². The molecule has 1 rings (SSSR count). The predicted molar refractivity (Wildman–Crippen MR) is 115 cm³/mol. The Labute approximate surface area is 172 Å². The van der Waals surface area contributed by atoms with E-state index < -0.39 is 0 Å². The Hall–Kier alpha value is -1.55.